The number of ether oxygens (including phenoxy) is 1. The highest BCUT2D eigenvalue weighted by Gasteiger charge is 2.15. The fourth-order valence-electron chi connectivity index (χ4n) is 1.33. The van der Waals surface area contributed by atoms with Gasteiger partial charge in [0, 0.05) is 0 Å². The Morgan fingerprint density at radius 1 is 1.33 bits per heavy atom. The van der Waals surface area contributed by atoms with Crippen molar-refractivity contribution in [3.63, 3.8) is 0 Å². The molecular formula is C11H9N3O4. The molecule has 92 valence electrons. The highest BCUT2D eigenvalue weighted by atomic mass is 16.6. The topological polar surface area (TPSA) is 94.3 Å². The number of rotatable bonds is 3. The van der Waals surface area contributed by atoms with Crippen molar-refractivity contribution in [2.24, 2.45) is 0 Å². The van der Waals surface area contributed by atoms with Gasteiger partial charge in [0.25, 0.3) is 5.91 Å². The first-order chi connectivity index (χ1) is 8.72. The fraction of sp³-hybridized carbons (Fsp3) is 0.0909. The second-order valence-electron chi connectivity index (χ2n) is 3.28. The van der Waals surface area contributed by atoms with Crippen molar-refractivity contribution in [1.82, 2.24) is 10.3 Å². The van der Waals surface area contributed by atoms with Crippen LogP contribution in [0, 0.1) is 0 Å². The lowest BCUT2D eigenvalue weighted by Crippen LogP contribution is -2.15. The zero-order valence-electron chi connectivity index (χ0n) is 9.41. The van der Waals surface area contributed by atoms with E-state index in [-0.39, 0.29) is 11.3 Å². The lowest BCUT2D eigenvalue weighted by molar-refractivity contribution is 0.0602. The number of hydrogen-bond acceptors (Lipinski definition) is 6. The molecule has 0 aliphatic carbocycles. The summed E-state index contributed by atoms with van der Waals surface area (Å²) in [5, 5.41) is 9.24. The molecule has 1 amide bonds. The van der Waals surface area contributed by atoms with Gasteiger partial charge in [0.1, 0.15) is 6.20 Å². The average Bonchev–Trinajstić information content (AvgIpc) is 2.92. The second-order valence-corrected chi connectivity index (χ2v) is 3.28. The van der Waals surface area contributed by atoms with Crippen molar-refractivity contribution < 1.29 is 19.0 Å². The number of amides is 1. The number of nitrogens with zero attached hydrogens (tertiary/aromatic N) is 2. The molecular weight excluding hydrogens is 238 g/mol. The van der Waals surface area contributed by atoms with E-state index in [2.05, 4.69) is 25.0 Å². The van der Waals surface area contributed by atoms with E-state index < -0.39 is 11.9 Å². The zero-order valence-corrected chi connectivity index (χ0v) is 9.41. The van der Waals surface area contributed by atoms with Gasteiger partial charge in [-0.25, -0.2) is 9.42 Å². The maximum Gasteiger partial charge on any atom is 0.339 e. The van der Waals surface area contributed by atoms with E-state index in [1.165, 1.54) is 13.3 Å². The molecule has 1 aromatic heterocycles. The van der Waals surface area contributed by atoms with Gasteiger partial charge in [-0.05, 0) is 17.3 Å². The smallest absolute Gasteiger partial charge is 0.339 e. The number of hydrogen-bond donors (Lipinski definition) is 1. The molecule has 1 N–H and O–H groups in total. The summed E-state index contributed by atoms with van der Waals surface area (Å²) >= 11 is 0. The fourth-order valence-corrected chi connectivity index (χ4v) is 1.33. The molecule has 0 unspecified atom stereocenters. The molecule has 7 heteroatoms. The van der Waals surface area contributed by atoms with Crippen molar-refractivity contribution in [2.45, 2.75) is 0 Å². The molecule has 0 radical (unpaired) electrons. The molecule has 0 fully saturated rings. The zero-order chi connectivity index (χ0) is 13.0. The summed E-state index contributed by atoms with van der Waals surface area (Å²) in [6.07, 6.45) is 1.18. The third-order valence-electron chi connectivity index (χ3n) is 2.17. The van der Waals surface area contributed by atoms with Gasteiger partial charge >= 0.3 is 5.97 Å². The van der Waals surface area contributed by atoms with E-state index in [0.717, 1.165) is 0 Å². The number of anilines is 1. The molecule has 0 spiro atoms. The molecule has 18 heavy (non-hydrogen) atoms. The summed E-state index contributed by atoms with van der Waals surface area (Å²) in [5.41, 5.74) is 0.608. The Hall–Kier alpha value is -2.70. The molecule has 7 nitrogen and oxygen atoms in total. The normalized spacial score (nSPS) is 9.83. The number of methoxy groups -OCH3 is 1. The molecule has 0 saturated heterocycles. The maximum absolute atomic E-state index is 11.7. The van der Waals surface area contributed by atoms with E-state index in [0.29, 0.717) is 5.69 Å². The van der Waals surface area contributed by atoms with Gasteiger partial charge in [-0.1, -0.05) is 17.3 Å². The molecule has 1 heterocycles. The Balaban J connectivity index is 2.24. The van der Waals surface area contributed by atoms with Crippen molar-refractivity contribution in [2.75, 3.05) is 12.4 Å². The number of carbonyl (C=O) groups excluding carboxylic acids is 2. The van der Waals surface area contributed by atoms with E-state index in [9.17, 15) is 9.59 Å². The van der Waals surface area contributed by atoms with Gasteiger partial charge in [0.2, 0.25) is 0 Å². The van der Waals surface area contributed by atoms with Crippen LogP contribution in [-0.2, 0) is 4.74 Å². The molecule has 0 atom stereocenters. The predicted molar refractivity (Wildman–Crippen MR) is 60.0 cm³/mol. The third-order valence-corrected chi connectivity index (χ3v) is 2.17. The Morgan fingerprint density at radius 2 is 2.11 bits per heavy atom. The Kier molecular flexibility index (Phi) is 3.33. The minimum absolute atomic E-state index is 0.0228. The summed E-state index contributed by atoms with van der Waals surface area (Å²) in [5.74, 6) is -1.06. The quantitative estimate of drug-likeness (QED) is 0.816. The van der Waals surface area contributed by atoms with Crippen LogP contribution in [0.1, 0.15) is 20.8 Å². The molecule has 2 aromatic rings. The van der Waals surface area contributed by atoms with Crippen molar-refractivity contribution in [3.8, 4) is 0 Å². The van der Waals surface area contributed by atoms with Crippen molar-refractivity contribution in [1.29, 1.82) is 0 Å². The number of nitrogens with one attached hydrogen (secondary N) is 1. The van der Waals surface area contributed by atoms with Gasteiger partial charge < -0.3 is 10.1 Å². The van der Waals surface area contributed by atoms with Crippen LogP contribution in [0.2, 0.25) is 0 Å². The number of para-hydroxylation sites is 1. The highest BCUT2D eigenvalue weighted by Crippen LogP contribution is 2.16. The largest absolute Gasteiger partial charge is 0.465 e. The average molecular weight is 247 g/mol. The Labute approximate surface area is 102 Å². The maximum atomic E-state index is 11.7. The van der Waals surface area contributed by atoms with Gasteiger partial charge in [0.05, 0.1) is 18.4 Å². The van der Waals surface area contributed by atoms with E-state index in [4.69, 9.17) is 0 Å². The first kappa shape index (κ1) is 11.8. The molecule has 0 bridgehead atoms. The van der Waals surface area contributed by atoms with Crippen LogP contribution in [-0.4, -0.2) is 29.3 Å². The first-order valence-electron chi connectivity index (χ1n) is 4.98. The monoisotopic (exact) mass is 247 g/mol. The Bertz CT molecular complexity index is 565. The summed E-state index contributed by atoms with van der Waals surface area (Å²) < 4.78 is 8.93. The van der Waals surface area contributed by atoms with Crippen LogP contribution in [0.5, 0.6) is 0 Å². The first-order valence-corrected chi connectivity index (χ1v) is 4.98. The van der Waals surface area contributed by atoms with Crippen molar-refractivity contribution >= 4 is 17.6 Å². The minimum Gasteiger partial charge on any atom is -0.465 e. The number of carbonyl (C=O) groups is 2. The molecule has 0 aliphatic heterocycles. The lowest BCUT2D eigenvalue weighted by atomic mass is 10.2. The van der Waals surface area contributed by atoms with Crippen molar-refractivity contribution in [3.05, 3.63) is 41.7 Å². The van der Waals surface area contributed by atoms with Gasteiger partial charge in [-0.2, -0.15) is 0 Å². The van der Waals surface area contributed by atoms with Gasteiger partial charge in [0.15, 0.2) is 5.69 Å². The summed E-state index contributed by atoms with van der Waals surface area (Å²) in [6, 6.07) is 6.48. The van der Waals surface area contributed by atoms with Gasteiger partial charge in [-0.3, -0.25) is 4.79 Å². The van der Waals surface area contributed by atoms with E-state index >= 15 is 0 Å². The summed E-state index contributed by atoms with van der Waals surface area (Å²) in [6.45, 7) is 0. The molecule has 1 aromatic carbocycles. The van der Waals surface area contributed by atoms with Crippen LogP contribution in [0.15, 0.2) is 35.1 Å². The van der Waals surface area contributed by atoms with E-state index in [1.54, 1.807) is 24.3 Å². The summed E-state index contributed by atoms with van der Waals surface area (Å²) in [7, 11) is 1.27. The number of benzene rings is 1. The van der Waals surface area contributed by atoms with E-state index in [1.807, 2.05) is 0 Å². The SMILES string of the molecule is COC(=O)c1ccccc1NC(=O)c1cnon1. The van der Waals surface area contributed by atoms with Crippen LogP contribution < -0.4 is 5.32 Å². The lowest BCUT2D eigenvalue weighted by Gasteiger charge is -2.07. The molecule has 0 saturated carbocycles. The minimum atomic E-state index is -0.538. The number of esters is 1. The molecule has 2 rings (SSSR count). The predicted octanol–water partition coefficient (Wildman–Crippen LogP) is 1.11. The second kappa shape index (κ2) is 5.09. The standard InChI is InChI=1S/C11H9N3O4/c1-17-11(16)7-4-2-3-5-8(7)13-10(15)9-6-12-18-14-9/h2-6H,1H3,(H,13,15). The Morgan fingerprint density at radius 3 is 2.78 bits per heavy atom. The number of aromatic nitrogens is 2. The van der Waals surface area contributed by atoms with Crippen LogP contribution >= 0.6 is 0 Å². The highest BCUT2D eigenvalue weighted by molar-refractivity contribution is 6.06. The molecule has 0 aliphatic rings. The van der Waals surface area contributed by atoms with Crippen LogP contribution in [0.25, 0.3) is 0 Å². The van der Waals surface area contributed by atoms with Crippen LogP contribution in [0.3, 0.4) is 0 Å². The van der Waals surface area contributed by atoms with Crippen LogP contribution in [0.4, 0.5) is 5.69 Å². The van der Waals surface area contributed by atoms with Gasteiger partial charge in [-0.15, -0.1) is 0 Å². The summed E-state index contributed by atoms with van der Waals surface area (Å²) in [4.78, 5) is 23.2. The third kappa shape index (κ3) is 2.34.